The molecule has 2 aromatic heterocycles. The zero-order valence-electron chi connectivity index (χ0n) is 12.4. The Hall–Kier alpha value is -1.88. The Kier molecular flexibility index (Phi) is 3.37. The molecule has 4 nitrogen and oxygen atoms in total. The van der Waals surface area contributed by atoms with Gasteiger partial charge in [-0.3, -0.25) is 0 Å². The molecule has 3 heterocycles. The second-order valence-corrected chi connectivity index (χ2v) is 6.61. The smallest absolute Gasteiger partial charge is 0.171 e. The molecule has 4 rings (SSSR count). The number of aromatic nitrogens is 3. The molecule has 0 bridgehead atoms. The van der Waals surface area contributed by atoms with Gasteiger partial charge in [0.25, 0.3) is 0 Å². The van der Waals surface area contributed by atoms with E-state index in [1.54, 1.807) is 10.7 Å². The van der Waals surface area contributed by atoms with E-state index in [1.165, 1.54) is 24.0 Å². The van der Waals surface area contributed by atoms with Crippen LogP contribution < -0.4 is 4.90 Å². The number of hydrogen-bond donors (Lipinski definition) is 0. The van der Waals surface area contributed by atoms with Gasteiger partial charge in [-0.15, -0.1) is 0 Å². The summed E-state index contributed by atoms with van der Waals surface area (Å²) in [5.74, 6) is 1.03. The third kappa shape index (κ3) is 2.20. The maximum Gasteiger partial charge on any atom is 0.171 e. The van der Waals surface area contributed by atoms with Crippen molar-refractivity contribution in [1.29, 1.82) is 0 Å². The van der Waals surface area contributed by atoms with Crippen LogP contribution in [-0.4, -0.2) is 21.1 Å². The maximum absolute atomic E-state index is 4.80. The summed E-state index contributed by atoms with van der Waals surface area (Å²) in [5.41, 5.74) is 3.63. The lowest BCUT2D eigenvalue weighted by atomic mass is 9.99. The number of rotatable bonds is 2. The van der Waals surface area contributed by atoms with Crippen molar-refractivity contribution in [1.82, 2.24) is 14.6 Å². The minimum Gasteiger partial charge on any atom is -0.349 e. The first-order chi connectivity index (χ1) is 10.7. The largest absolute Gasteiger partial charge is 0.349 e. The van der Waals surface area contributed by atoms with Crippen LogP contribution in [0.3, 0.4) is 0 Å². The van der Waals surface area contributed by atoms with Crippen molar-refractivity contribution in [3.63, 3.8) is 0 Å². The van der Waals surface area contributed by atoms with Crippen molar-refractivity contribution in [3.8, 4) is 0 Å². The van der Waals surface area contributed by atoms with Crippen molar-refractivity contribution >= 4 is 27.4 Å². The highest BCUT2D eigenvalue weighted by Gasteiger charge is 2.28. The van der Waals surface area contributed by atoms with Crippen molar-refractivity contribution in [3.05, 3.63) is 58.3 Å². The Bertz CT molecular complexity index is 826. The van der Waals surface area contributed by atoms with Gasteiger partial charge < -0.3 is 4.90 Å². The first-order valence-electron chi connectivity index (χ1n) is 7.56. The van der Waals surface area contributed by atoms with Crippen LogP contribution in [0, 0.1) is 6.92 Å². The molecule has 1 aliphatic rings. The van der Waals surface area contributed by atoms with E-state index in [0.29, 0.717) is 6.04 Å². The molecule has 5 heteroatoms. The number of halogens is 1. The molecule has 1 saturated heterocycles. The summed E-state index contributed by atoms with van der Waals surface area (Å²) in [6.07, 6.45) is 6.15. The van der Waals surface area contributed by atoms with Gasteiger partial charge >= 0.3 is 0 Å². The van der Waals surface area contributed by atoms with E-state index in [1.807, 2.05) is 6.20 Å². The number of fused-ring (bicyclic) bond motifs is 1. The Morgan fingerprint density at radius 2 is 2.09 bits per heavy atom. The average Bonchev–Trinajstić information content (AvgIpc) is 3.15. The van der Waals surface area contributed by atoms with Crippen molar-refractivity contribution in [2.45, 2.75) is 25.8 Å². The summed E-state index contributed by atoms with van der Waals surface area (Å²) >= 11 is 3.52. The molecule has 0 spiro atoms. The van der Waals surface area contributed by atoms with E-state index in [-0.39, 0.29) is 0 Å². The molecule has 22 heavy (non-hydrogen) atoms. The molecule has 1 aliphatic heterocycles. The zero-order valence-corrected chi connectivity index (χ0v) is 14.0. The van der Waals surface area contributed by atoms with Crippen LogP contribution in [0.4, 0.5) is 5.82 Å². The van der Waals surface area contributed by atoms with Crippen LogP contribution in [0.15, 0.2) is 47.2 Å². The second kappa shape index (κ2) is 5.39. The number of hydrogen-bond acceptors (Lipinski definition) is 3. The van der Waals surface area contributed by atoms with E-state index >= 15 is 0 Å². The molecule has 0 radical (unpaired) electrons. The number of aryl methyl sites for hydroxylation is 1. The number of benzene rings is 1. The van der Waals surface area contributed by atoms with E-state index < -0.39 is 0 Å². The molecule has 1 aromatic carbocycles. The lowest BCUT2D eigenvalue weighted by Gasteiger charge is -2.27. The maximum atomic E-state index is 4.80. The Morgan fingerprint density at radius 3 is 2.95 bits per heavy atom. The summed E-state index contributed by atoms with van der Waals surface area (Å²) in [6, 6.07) is 11.1. The van der Waals surface area contributed by atoms with Crippen molar-refractivity contribution in [2.24, 2.45) is 0 Å². The highest BCUT2D eigenvalue weighted by atomic mass is 79.9. The quantitative estimate of drug-likeness (QED) is 0.691. The van der Waals surface area contributed by atoms with Gasteiger partial charge in [0.2, 0.25) is 0 Å². The first kappa shape index (κ1) is 13.8. The third-order valence-corrected chi connectivity index (χ3v) is 4.97. The van der Waals surface area contributed by atoms with Crippen LogP contribution in [0.25, 0.3) is 5.65 Å². The third-order valence-electron chi connectivity index (χ3n) is 4.41. The molecule has 3 aromatic rings. The molecular weight excluding hydrogens is 340 g/mol. The average molecular weight is 357 g/mol. The normalized spacial score (nSPS) is 18.3. The van der Waals surface area contributed by atoms with Crippen LogP contribution >= 0.6 is 15.9 Å². The fraction of sp³-hybridized carbons (Fsp3) is 0.294. The lowest BCUT2D eigenvalue weighted by molar-refractivity contribution is 0.706. The minimum absolute atomic E-state index is 0.415. The van der Waals surface area contributed by atoms with Crippen LogP contribution in [0.1, 0.15) is 30.0 Å². The molecule has 0 aliphatic carbocycles. The van der Waals surface area contributed by atoms with E-state index in [2.05, 4.69) is 63.2 Å². The van der Waals surface area contributed by atoms with Gasteiger partial charge in [0.15, 0.2) is 5.65 Å². The standard InChI is InChI=1S/C17H17BrN4/c1-12-5-2-3-6-13(12)15-7-4-9-21(15)16-8-10-22-17(20-16)14(18)11-19-22/h2-3,5-6,8,10-11,15H,4,7,9H2,1H3. The molecule has 1 atom stereocenters. The zero-order chi connectivity index (χ0) is 15.1. The van der Waals surface area contributed by atoms with Crippen molar-refractivity contribution < 1.29 is 0 Å². The molecule has 0 N–H and O–H groups in total. The summed E-state index contributed by atoms with van der Waals surface area (Å²) < 4.78 is 2.73. The van der Waals surface area contributed by atoms with Gasteiger partial charge in [0, 0.05) is 12.7 Å². The van der Waals surface area contributed by atoms with E-state index in [4.69, 9.17) is 4.98 Å². The summed E-state index contributed by atoms with van der Waals surface area (Å²) in [4.78, 5) is 7.22. The summed E-state index contributed by atoms with van der Waals surface area (Å²) in [7, 11) is 0. The summed E-state index contributed by atoms with van der Waals surface area (Å²) in [6.45, 7) is 3.24. The highest BCUT2D eigenvalue weighted by Crippen LogP contribution is 2.36. The van der Waals surface area contributed by atoms with Gasteiger partial charge in [0.1, 0.15) is 5.82 Å². The predicted octanol–water partition coefficient (Wildman–Crippen LogP) is 4.14. The molecular formula is C17H17BrN4. The van der Waals surface area contributed by atoms with Crippen LogP contribution in [-0.2, 0) is 0 Å². The van der Waals surface area contributed by atoms with Gasteiger partial charge in [-0.05, 0) is 52.9 Å². The lowest BCUT2D eigenvalue weighted by Crippen LogP contribution is -2.24. The topological polar surface area (TPSA) is 33.4 Å². The fourth-order valence-corrected chi connectivity index (χ4v) is 3.68. The van der Waals surface area contributed by atoms with Gasteiger partial charge in [-0.2, -0.15) is 5.10 Å². The predicted molar refractivity (Wildman–Crippen MR) is 91.2 cm³/mol. The number of anilines is 1. The first-order valence-corrected chi connectivity index (χ1v) is 8.35. The SMILES string of the molecule is Cc1ccccc1C1CCCN1c1ccn2ncc(Br)c2n1. The molecule has 0 saturated carbocycles. The summed E-state index contributed by atoms with van der Waals surface area (Å²) in [5, 5.41) is 4.27. The van der Waals surface area contributed by atoms with Gasteiger partial charge in [-0.1, -0.05) is 24.3 Å². The van der Waals surface area contributed by atoms with E-state index in [0.717, 1.165) is 22.5 Å². The van der Waals surface area contributed by atoms with Gasteiger partial charge in [-0.25, -0.2) is 9.50 Å². The van der Waals surface area contributed by atoms with E-state index in [9.17, 15) is 0 Å². The van der Waals surface area contributed by atoms with Crippen LogP contribution in [0.2, 0.25) is 0 Å². The second-order valence-electron chi connectivity index (χ2n) is 5.75. The number of nitrogens with zero attached hydrogens (tertiary/aromatic N) is 4. The minimum atomic E-state index is 0.415. The highest BCUT2D eigenvalue weighted by molar-refractivity contribution is 9.10. The molecule has 0 amide bonds. The Labute approximate surface area is 137 Å². The molecule has 1 fully saturated rings. The Balaban J connectivity index is 1.76. The fourth-order valence-electron chi connectivity index (χ4n) is 3.32. The molecule has 1 unspecified atom stereocenters. The molecule has 112 valence electrons. The van der Waals surface area contributed by atoms with Crippen LogP contribution in [0.5, 0.6) is 0 Å². The Morgan fingerprint density at radius 1 is 1.23 bits per heavy atom. The monoisotopic (exact) mass is 356 g/mol. The van der Waals surface area contributed by atoms with Gasteiger partial charge in [0.05, 0.1) is 16.7 Å². The van der Waals surface area contributed by atoms with Crippen molar-refractivity contribution in [2.75, 3.05) is 11.4 Å².